The highest BCUT2D eigenvalue weighted by molar-refractivity contribution is 5.72. The molecule has 0 amide bonds. The van der Waals surface area contributed by atoms with Crippen molar-refractivity contribution in [2.45, 2.75) is 32.8 Å². The molecule has 0 aliphatic rings. The first-order valence-corrected chi connectivity index (χ1v) is 4.95. The van der Waals surface area contributed by atoms with E-state index in [-0.39, 0.29) is 5.97 Å². The molecule has 2 N–H and O–H groups in total. The SMILES string of the molecule is CN(CCCN)CC(=O)OC(C)(C)C. The van der Waals surface area contributed by atoms with Gasteiger partial charge in [-0.3, -0.25) is 9.69 Å². The quantitative estimate of drug-likeness (QED) is 0.664. The summed E-state index contributed by atoms with van der Waals surface area (Å²) in [4.78, 5) is 13.3. The molecule has 84 valence electrons. The minimum absolute atomic E-state index is 0.183. The highest BCUT2D eigenvalue weighted by Gasteiger charge is 2.17. The third-order valence-electron chi connectivity index (χ3n) is 1.56. The molecule has 0 aliphatic heterocycles. The molecule has 0 aromatic rings. The van der Waals surface area contributed by atoms with Crippen molar-refractivity contribution >= 4 is 5.97 Å². The second-order valence-electron chi connectivity index (χ2n) is 4.47. The summed E-state index contributed by atoms with van der Waals surface area (Å²) in [6.45, 7) is 7.41. The minimum Gasteiger partial charge on any atom is -0.459 e. The van der Waals surface area contributed by atoms with Gasteiger partial charge in [-0.2, -0.15) is 0 Å². The second-order valence-corrected chi connectivity index (χ2v) is 4.47. The molecule has 0 saturated heterocycles. The van der Waals surface area contributed by atoms with Gasteiger partial charge in [-0.25, -0.2) is 0 Å². The maximum Gasteiger partial charge on any atom is 0.320 e. The van der Waals surface area contributed by atoms with Gasteiger partial charge in [0.1, 0.15) is 5.60 Å². The Morgan fingerprint density at radius 1 is 1.43 bits per heavy atom. The van der Waals surface area contributed by atoms with E-state index in [2.05, 4.69) is 0 Å². The van der Waals surface area contributed by atoms with Crippen molar-refractivity contribution in [3.8, 4) is 0 Å². The van der Waals surface area contributed by atoms with Crippen molar-refractivity contribution in [3.63, 3.8) is 0 Å². The van der Waals surface area contributed by atoms with Crippen LogP contribution in [0.2, 0.25) is 0 Å². The first-order chi connectivity index (χ1) is 6.35. The second kappa shape index (κ2) is 5.98. The van der Waals surface area contributed by atoms with Gasteiger partial charge in [-0.05, 0) is 47.3 Å². The van der Waals surface area contributed by atoms with Crippen molar-refractivity contribution in [1.29, 1.82) is 0 Å². The Kier molecular flexibility index (Phi) is 5.72. The largest absolute Gasteiger partial charge is 0.459 e. The van der Waals surface area contributed by atoms with E-state index < -0.39 is 5.60 Å². The van der Waals surface area contributed by atoms with E-state index in [1.165, 1.54) is 0 Å². The highest BCUT2D eigenvalue weighted by atomic mass is 16.6. The van der Waals surface area contributed by atoms with Crippen LogP contribution in [0.25, 0.3) is 0 Å². The van der Waals surface area contributed by atoms with Gasteiger partial charge in [0.2, 0.25) is 0 Å². The zero-order valence-corrected chi connectivity index (χ0v) is 9.67. The van der Waals surface area contributed by atoms with Gasteiger partial charge in [0.25, 0.3) is 0 Å². The Labute approximate surface area is 86.4 Å². The van der Waals surface area contributed by atoms with Crippen LogP contribution in [0.1, 0.15) is 27.2 Å². The number of hydrogen-bond acceptors (Lipinski definition) is 4. The molecule has 4 nitrogen and oxygen atoms in total. The summed E-state index contributed by atoms with van der Waals surface area (Å²) in [5, 5.41) is 0. The van der Waals surface area contributed by atoms with Gasteiger partial charge in [-0.15, -0.1) is 0 Å². The van der Waals surface area contributed by atoms with E-state index in [1.807, 2.05) is 32.7 Å². The average Bonchev–Trinajstić information content (AvgIpc) is 1.96. The lowest BCUT2D eigenvalue weighted by atomic mass is 10.2. The van der Waals surface area contributed by atoms with Crippen molar-refractivity contribution in [2.24, 2.45) is 5.73 Å². The molecule has 0 fully saturated rings. The Hall–Kier alpha value is -0.610. The monoisotopic (exact) mass is 202 g/mol. The van der Waals surface area contributed by atoms with Crippen molar-refractivity contribution in [1.82, 2.24) is 4.90 Å². The van der Waals surface area contributed by atoms with Crippen molar-refractivity contribution in [3.05, 3.63) is 0 Å². The number of esters is 1. The van der Waals surface area contributed by atoms with Crippen LogP contribution in [-0.2, 0) is 9.53 Å². The lowest BCUT2D eigenvalue weighted by molar-refractivity contribution is -0.155. The summed E-state index contributed by atoms with van der Waals surface area (Å²) in [6, 6.07) is 0. The number of hydrogen-bond donors (Lipinski definition) is 1. The maximum absolute atomic E-state index is 11.3. The van der Waals surface area contributed by atoms with Gasteiger partial charge < -0.3 is 10.5 Å². The molecule has 14 heavy (non-hydrogen) atoms. The molecule has 0 heterocycles. The molecule has 4 heteroatoms. The molecule has 0 bridgehead atoms. The molecule has 0 unspecified atom stereocenters. The zero-order valence-electron chi connectivity index (χ0n) is 9.67. The molecule has 0 aliphatic carbocycles. The average molecular weight is 202 g/mol. The summed E-state index contributed by atoms with van der Waals surface area (Å²) in [5.74, 6) is -0.183. The smallest absolute Gasteiger partial charge is 0.320 e. The first-order valence-electron chi connectivity index (χ1n) is 4.95. The maximum atomic E-state index is 11.3. The van der Waals surface area contributed by atoms with Crippen molar-refractivity contribution in [2.75, 3.05) is 26.7 Å². The Bertz CT molecular complexity index is 175. The van der Waals surface area contributed by atoms with E-state index in [0.717, 1.165) is 13.0 Å². The minimum atomic E-state index is -0.397. The van der Waals surface area contributed by atoms with Gasteiger partial charge in [0, 0.05) is 0 Å². The molecule has 0 atom stereocenters. The lowest BCUT2D eigenvalue weighted by Crippen LogP contribution is -2.33. The standard InChI is InChI=1S/C10H22N2O2/c1-10(2,3)14-9(13)8-12(4)7-5-6-11/h5-8,11H2,1-4H3. The molecule has 0 aromatic carbocycles. The highest BCUT2D eigenvalue weighted by Crippen LogP contribution is 2.07. The molecular formula is C10H22N2O2. The van der Waals surface area contributed by atoms with E-state index in [0.29, 0.717) is 13.1 Å². The Morgan fingerprint density at radius 2 is 2.00 bits per heavy atom. The van der Waals surface area contributed by atoms with Crippen LogP contribution in [0.3, 0.4) is 0 Å². The number of ether oxygens (including phenoxy) is 1. The Morgan fingerprint density at radius 3 is 2.43 bits per heavy atom. The molecule has 0 radical (unpaired) electrons. The van der Waals surface area contributed by atoms with Crippen LogP contribution in [0, 0.1) is 0 Å². The zero-order chi connectivity index (χ0) is 11.2. The van der Waals surface area contributed by atoms with Crippen LogP contribution in [-0.4, -0.2) is 43.2 Å². The number of nitrogens with two attached hydrogens (primary N) is 1. The lowest BCUT2D eigenvalue weighted by Gasteiger charge is -2.22. The van der Waals surface area contributed by atoms with Crippen LogP contribution in [0.5, 0.6) is 0 Å². The summed E-state index contributed by atoms with van der Waals surface area (Å²) >= 11 is 0. The first kappa shape index (κ1) is 13.4. The number of carbonyl (C=O) groups is 1. The van der Waals surface area contributed by atoms with Gasteiger partial charge >= 0.3 is 5.97 Å². The van der Waals surface area contributed by atoms with E-state index >= 15 is 0 Å². The van der Waals surface area contributed by atoms with Gasteiger partial charge in [0.05, 0.1) is 6.54 Å². The van der Waals surface area contributed by atoms with E-state index in [9.17, 15) is 4.79 Å². The molecular weight excluding hydrogens is 180 g/mol. The summed E-state index contributed by atoms with van der Waals surface area (Å²) in [7, 11) is 1.89. The summed E-state index contributed by atoms with van der Waals surface area (Å²) in [5.41, 5.74) is 4.97. The van der Waals surface area contributed by atoms with Gasteiger partial charge in [0.15, 0.2) is 0 Å². The van der Waals surface area contributed by atoms with Crippen LogP contribution < -0.4 is 5.73 Å². The Balaban J connectivity index is 3.71. The number of carbonyl (C=O) groups excluding carboxylic acids is 1. The van der Waals surface area contributed by atoms with E-state index in [4.69, 9.17) is 10.5 Å². The third kappa shape index (κ3) is 8.01. The van der Waals surface area contributed by atoms with Gasteiger partial charge in [-0.1, -0.05) is 0 Å². The predicted octanol–water partition coefficient (Wildman–Crippen LogP) is 0.609. The third-order valence-corrected chi connectivity index (χ3v) is 1.56. The van der Waals surface area contributed by atoms with Crippen LogP contribution in [0.15, 0.2) is 0 Å². The predicted molar refractivity (Wildman–Crippen MR) is 57.0 cm³/mol. The number of rotatable bonds is 5. The molecule has 0 aromatic heterocycles. The fourth-order valence-corrected chi connectivity index (χ4v) is 1.03. The summed E-state index contributed by atoms with van der Waals surface area (Å²) < 4.78 is 5.18. The molecule has 0 spiro atoms. The topological polar surface area (TPSA) is 55.6 Å². The fourth-order valence-electron chi connectivity index (χ4n) is 1.03. The van der Waals surface area contributed by atoms with Crippen molar-refractivity contribution < 1.29 is 9.53 Å². The van der Waals surface area contributed by atoms with Crippen LogP contribution in [0.4, 0.5) is 0 Å². The molecule has 0 rings (SSSR count). The number of nitrogens with zero attached hydrogens (tertiary/aromatic N) is 1. The summed E-state index contributed by atoms with van der Waals surface area (Å²) in [6.07, 6.45) is 0.902. The number of likely N-dealkylation sites (N-methyl/N-ethyl adjacent to an activating group) is 1. The van der Waals surface area contributed by atoms with E-state index in [1.54, 1.807) is 0 Å². The fraction of sp³-hybridized carbons (Fsp3) is 0.900. The normalized spacial score (nSPS) is 11.9. The molecule has 0 saturated carbocycles. The van der Waals surface area contributed by atoms with Crippen LogP contribution >= 0.6 is 0 Å².